The molecule has 19 heavy (non-hydrogen) atoms. The second-order valence-corrected chi connectivity index (χ2v) is 5.28. The number of aliphatic hydroxyl groups is 1. The van der Waals surface area contributed by atoms with Crippen LogP contribution in [0.25, 0.3) is 0 Å². The quantitative estimate of drug-likeness (QED) is 0.811. The van der Waals surface area contributed by atoms with Gasteiger partial charge in [-0.25, -0.2) is 0 Å². The highest BCUT2D eigenvalue weighted by Crippen LogP contribution is 2.21. The van der Waals surface area contributed by atoms with Gasteiger partial charge in [-0.1, -0.05) is 11.8 Å². The predicted molar refractivity (Wildman–Crippen MR) is 69.2 cm³/mol. The van der Waals surface area contributed by atoms with Crippen LogP contribution < -0.4 is 5.32 Å². The molecule has 108 valence electrons. The fourth-order valence-electron chi connectivity index (χ4n) is 1.59. The Morgan fingerprint density at radius 3 is 2.74 bits per heavy atom. The monoisotopic (exact) mass is 293 g/mol. The van der Waals surface area contributed by atoms with Gasteiger partial charge in [0.05, 0.1) is 11.9 Å². The molecule has 4 nitrogen and oxygen atoms in total. The number of hydrogen-bond donors (Lipinski definition) is 2. The van der Waals surface area contributed by atoms with Gasteiger partial charge in [-0.3, -0.25) is 4.79 Å². The maximum Gasteiger partial charge on any atom is 0.287 e. The van der Waals surface area contributed by atoms with Crippen LogP contribution in [0.4, 0.5) is 8.78 Å². The maximum absolute atomic E-state index is 12.0. The molecule has 1 aromatic heterocycles. The van der Waals surface area contributed by atoms with Crippen molar-refractivity contribution in [2.24, 2.45) is 0 Å². The van der Waals surface area contributed by atoms with E-state index in [-0.39, 0.29) is 17.6 Å². The van der Waals surface area contributed by atoms with Crippen molar-refractivity contribution in [1.82, 2.24) is 5.32 Å². The molecule has 0 aliphatic carbocycles. The van der Waals surface area contributed by atoms with Gasteiger partial charge in [0.15, 0.2) is 5.76 Å². The van der Waals surface area contributed by atoms with Crippen molar-refractivity contribution >= 4 is 17.7 Å². The summed E-state index contributed by atoms with van der Waals surface area (Å²) in [5.41, 5.74) is 0. The first-order valence-corrected chi connectivity index (χ1v) is 6.90. The number of amides is 1. The molecule has 1 rings (SSSR count). The highest BCUT2D eigenvalue weighted by atomic mass is 32.2. The molecule has 1 amide bonds. The van der Waals surface area contributed by atoms with Gasteiger partial charge < -0.3 is 14.8 Å². The molecule has 0 aromatic carbocycles. The standard InChI is InChI=1S/C12H17F2NO3S/c1-7(5-8(2)16)15-11(17)10-4-3-9(18-10)6-19-12(13)14/h3-4,7-8,12,16H,5-6H2,1-2H3,(H,15,17). The van der Waals surface area contributed by atoms with Crippen LogP contribution in [0.15, 0.2) is 16.5 Å². The third kappa shape index (κ3) is 6.07. The maximum atomic E-state index is 12.0. The van der Waals surface area contributed by atoms with Gasteiger partial charge in [-0.05, 0) is 32.4 Å². The van der Waals surface area contributed by atoms with E-state index in [1.807, 2.05) is 0 Å². The first kappa shape index (κ1) is 16.0. The highest BCUT2D eigenvalue weighted by Gasteiger charge is 2.15. The predicted octanol–water partition coefficient (Wildman–Crippen LogP) is 2.62. The van der Waals surface area contributed by atoms with Crippen LogP contribution in [0.5, 0.6) is 0 Å². The Morgan fingerprint density at radius 2 is 2.16 bits per heavy atom. The van der Waals surface area contributed by atoms with Gasteiger partial charge in [0, 0.05) is 6.04 Å². The van der Waals surface area contributed by atoms with E-state index in [4.69, 9.17) is 4.42 Å². The normalized spacial score (nSPS) is 14.4. The minimum absolute atomic E-state index is 0.0220. The fourth-order valence-corrected chi connectivity index (χ4v) is 2.03. The molecule has 1 heterocycles. The molecule has 2 atom stereocenters. The number of carbonyl (C=O) groups is 1. The lowest BCUT2D eigenvalue weighted by Gasteiger charge is -2.14. The number of carbonyl (C=O) groups excluding carboxylic acids is 1. The number of halogens is 2. The number of aliphatic hydroxyl groups excluding tert-OH is 1. The largest absolute Gasteiger partial charge is 0.455 e. The lowest BCUT2D eigenvalue weighted by molar-refractivity contribution is 0.0893. The number of alkyl halides is 2. The summed E-state index contributed by atoms with van der Waals surface area (Å²) in [6.45, 7) is 3.40. The van der Waals surface area contributed by atoms with E-state index in [1.54, 1.807) is 13.8 Å². The van der Waals surface area contributed by atoms with Crippen molar-refractivity contribution in [3.63, 3.8) is 0 Å². The molecular formula is C12H17F2NO3S. The van der Waals surface area contributed by atoms with Crippen LogP contribution in [0.3, 0.4) is 0 Å². The van der Waals surface area contributed by atoms with E-state index in [9.17, 15) is 18.7 Å². The third-order valence-electron chi connectivity index (χ3n) is 2.31. The van der Waals surface area contributed by atoms with E-state index in [0.29, 0.717) is 23.9 Å². The SMILES string of the molecule is CC(O)CC(C)NC(=O)c1ccc(CSC(F)F)o1. The van der Waals surface area contributed by atoms with Gasteiger partial charge >= 0.3 is 0 Å². The smallest absolute Gasteiger partial charge is 0.287 e. The van der Waals surface area contributed by atoms with Gasteiger partial charge in [-0.2, -0.15) is 8.78 Å². The lowest BCUT2D eigenvalue weighted by Crippen LogP contribution is -2.34. The number of nitrogens with one attached hydrogen (secondary N) is 1. The number of thioether (sulfide) groups is 1. The molecule has 0 fully saturated rings. The van der Waals surface area contributed by atoms with Crippen molar-refractivity contribution in [2.45, 2.75) is 43.9 Å². The molecule has 7 heteroatoms. The molecule has 2 N–H and O–H groups in total. The van der Waals surface area contributed by atoms with E-state index >= 15 is 0 Å². The Morgan fingerprint density at radius 1 is 1.47 bits per heavy atom. The van der Waals surface area contributed by atoms with E-state index in [1.165, 1.54) is 12.1 Å². The molecule has 0 spiro atoms. The van der Waals surface area contributed by atoms with Crippen LogP contribution in [-0.4, -0.2) is 28.9 Å². The van der Waals surface area contributed by atoms with Gasteiger partial charge in [0.1, 0.15) is 5.76 Å². The molecule has 1 aromatic rings. The first-order chi connectivity index (χ1) is 8.88. The average Bonchev–Trinajstić information content (AvgIpc) is 2.73. The topological polar surface area (TPSA) is 62.5 Å². The van der Waals surface area contributed by atoms with Crippen molar-refractivity contribution in [2.75, 3.05) is 0 Å². The Balaban J connectivity index is 2.49. The molecule has 0 aliphatic rings. The summed E-state index contributed by atoms with van der Waals surface area (Å²) in [4.78, 5) is 11.7. The second kappa shape index (κ2) is 7.49. The molecule has 0 aliphatic heterocycles. The van der Waals surface area contributed by atoms with Crippen molar-refractivity contribution in [3.05, 3.63) is 23.7 Å². The zero-order chi connectivity index (χ0) is 14.4. The minimum Gasteiger partial charge on any atom is -0.455 e. The van der Waals surface area contributed by atoms with Gasteiger partial charge in [0.25, 0.3) is 11.7 Å². The zero-order valence-corrected chi connectivity index (χ0v) is 11.5. The Hall–Kier alpha value is -1.08. The van der Waals surface area contributed by atoms with Crippen molar-refractivity contribution in [1.29, 1.82) is 0 Å². The van der Waals surface area contributed by atoms with Crippen LogP contribution in [-0.2, 0) is 5.75 Å². The van der Waals surface area contributed by atoms with Crippen LogP contribution in [0.2, 0.25) is 0 Å². The second-order valence-electron chi connectivity index (χ2n) is 4.30. The van der Waals surface area contributed by atoms with Gasteiger partial charge in [0.2, 0.25) is 0 Å². The summed E-state index contributed by atoms with van der Waals surface area (Å²) in [6, 6.07) is 2.76. The minimum atomic E-state index is -2.46. The molecule has 0 bridgehead atoms. The van der Waals surface area contributed by atoms with E-state index < -0.39 is 17.8 Å². The molecule has 0 saturated heterocycles. The van der Waals surface area contributed by atoms with Crippen LogP contribution in [0.1, 0.15) is 36.6 Å². The van der Waals surface area contributed by atoms with Crippen LogP contribution >= 0.6 is 11.8 Å². The number of rotatable bonds is 7. The fraction of sp³-hybridized carbons (Fsp3) is 0.583. The Labute approximate surface area is 114 Å². The lowest BCUT2D eigenvalue weighted by atomic mass is 10.1. The summed E-state index contributed by atoms with van der Waals surface area (Å²) >= 11 is 0.440. The summed E-state index contributed by atoms with van der Waals surface area (Å²) in [7, 11) is 0. The number of furan rings is 1. The average molecular weight is 293 g/mol. The highest BCUT2D eigenvalue weighted by molar-refractivity contribution is 7.98. The van der Waals surface area contributed by atoms with Gasteiger partial charge in [-0.15, -0.1) is 0 Å². The summed E-state index contributed by atoms with van der Waals surface area (Å²) in [6.07, 6.45) is -0.0783. The third-order valence-corrected chi connectivity index (χ3v) is 3.01. The summed E-state index contributed by atoms with van der Waals surface area (Å²) in [5, 5.41) is 11.8. The summed E-state index contributed by atoms with van der Waals surface area (Å²) in [5.74, 6) is -2.44. The molecule has 2 unspecified atom stereocenters. The first-order valence-electron chi connectivity index (χ1n) is 5.86. The number of hydrogen-bond acceptors (Lipinski definition) is 4. The zero-order valence-electron chi connectivity index (χ0n) is 10.7. The van der Waals surface area contributed by atoms with E-state index in [2.05, 4.69) is 5.32 Å². The Kier molecular flexibility index (Phi) is 6.30. The Bertz CT molecular complexity index is 409. The molecule has 0 radical (unpaired) electrons. The van der Waals surface area contributed by atoms with Crippen molar-refractivity contribution < 1.29 is 23.1 Å². The molecular weight excluding hydrogens is 276 g/mol. The molecule has 0 saturated carbocycles. The summed E-state index contributed by atoms with van der Waals surface area (Å²) < 4.78 is 29.2. The van der Waals surface area contributed by atoms with Crippen molar-refractivity contribution in [3.8, 4) is 0 Å². The van der Waals surface area contributed by atoms with Crippen LogP contribution in [0, 0.1) is 0 Å². The van der Waals surface area contributed by atoms with E-state index in [0.717, 1.165) is 0 Å².